The van der Waals surface area contributed by atoms with Crippen LogP contribution >= 0.6 is 0 Å². The van der Waals surface area contributed by atoms with Crippen LogP contribution in [0.25, 0.3) is 0 Å². The van der Waals surface area contributed by atoms with Crippen LogP contribution in [-0.2, 0) is 51.2 Å². The maximum absolute atomic E-state index is 14.5. The number of primary amides is 1. The highest BCUT2D eigenvalue weighted by Gasteiger charge is 2.42. The molecule has 4 atom stereocenters. The monoisotopic (exact) mass is 742 g/mol. The number of hydrogen-bond acceptors (Lipinski definition) is 9. The summed E-state index contributed by atoms with van der Waals surface area (Å²) >= 11 is 0. The number of nitrogens with zero attached hydrogens (tertiary/aromatic N) is 1. The van der Waals surface area contributed by atoms with Gasteiger partial charge in [0.25, 0.3) is 5.91 Å². The molecule has 0 saturated heterocycles. The molecule has 3 unspecified atom stereocenters. The van der Waals surface area contributed by atoms with E-state index in [-0.39, 0.29) is 44.4 Å². The van der Waals surface area contributed by atoms with Crippen molar-refractivity contribution in [3.63, 3.8) is 0 Å². The van der Waals surface area contributed by atoms with Gasteiger partial charge in [0.1, 0.15) is 18.1 Å². The summed E-state index contributed by atoms with van der Waals surface area (Å²) < 4.78 is 10.9. The molecule has 1 aromatic carbocycles. The number of Topliss-reactive ketones (excluding diaryl/α,β-unsaturated/α-hetero) is 1. The summed E-state index contributed by atoms with van der Waals surface area (Å²) in [6, 6.07) is 3.08. The Labute approximate surface area is 312 Å². The van der Waals surface area contributed by atoms with Gasteiger partial charge in [-0.1, -0.05) is 70.7 Å². The average molecular weight is 743 g/mol. The number of amides is 6. The number of rotatable bonds is 17. The van der Waals surface area contributed by atoms with E-state index in [9.17, 15) is 33.6 Å². The van der Waals surface area contributed by atoms with Crippen LogP contribution in [-0.4, -0.2) is 95.8 Å². The highest BCUT2D eigenvalue weighted by Crippen LogP contribution is 2.30. The van der Waals surface area contributed by atoms with Gasteiger partial charge in [0, 0.05) is 13.0 Å². The van der Waals surface area contributed by atoms with E-state index in [0.29, 0.717) is 6.42 Å². The van der Waals surface area contributed by atoms with E-state index in [0.717, 1.165) is 43.2 Å². The van der Waals surface area contributed by atoms with Crippen molar-refractivity contribution >= 4 is 41.4 Å². The molecule has 1 fully saturated rings. The van der Waals surface area contributed by atoms with Crippen LogP contribution in [0, 0.1) is 11.8 Å². The van der Waals surface area contributed by atoms with Gasteiger partial charge >= 0.3 is 6.09 Å². The minimum atomic E-state index is -1.25. The molecule has 15 nitrogen and oxygen atoms in total. The third kappa shape index (κ3) is 13.4. The number of carbonyl (C=O) groups is 7. The van der Waals surface area contributed by atoms with E-state index in [2.05, 4.69) is 21.3 Å². The van der Waals surface area contributed by atoms with Gasteiger partial charge in [-0.25, -0.2) is 4.79 Å². The van der Waals surface area contributed by atoms with Gasteiger partial charge in [0.2, 0.25) is 29.4 Å². The van der Waals surface area contributed by atoms with Crippen LogP contribution in [0.5, 0.6) is 0 Å². The third-order valence-electron chi connectivity index (χ3n) is 9.25. The Bertz CT molecular complexity index is 1470. The van der Waals surface area contributed by atoms with Crippen molar-refractivity contribution in [3.8, 4) is 0 Å². The van der Waals surface area contributed by atoms with E-state index in [1.807, 2.05) is 38.1 Å². The van der Waals surface area contributed by atoms with Gasteiger partial charge in [-0.15, -0.1) is 0 Å². The lowest BCUT2D eigenvalue weighted by molar-refractivity contribution is -0.146. The molecule has 53 heavy (non-hydrogen) atoms. The molecule has 1 aliphatic heterocycles. The summed E-state index contributed by atoms with van der Waals surface area (Å²) in [5.41, 5.74) is 6.51. The maximum atomic E-state index is 14.5. The molecule has 1 aliphatic carbocycles. The predicted octanol–water partition coefficient (Wildman–Crippen LogP) is 2.03. The van der Waals surface area contributed by atoms with Crippen molar-refractivity contribution in [2.45, 2.75) is 129 Å². The van der Waals surface area contributed by atoms with Gasteiger partial charge in [0.15, 0.2) is 0 Å². The third-order valence-corrected chi connectivity index (χ3v) is 9.25. The zero-order valence-corrected chi connectivity index (χ0v) is 32.0. The molecule has 15 heteroatoms. The number of benzene rings is 1. The van der Waals surface area contributed by atoms with Crippen molar-refractivity contribution < 1.29 is 43.0 Å². The lowest BCUT2D eigenvalue weighted by Crippen LogP contribution is -2.61. The van der Waals surface area contributed by atoms with Crippen molar-refractivity contribution in [1.29, 1.82) is 0 Å². The summed E-state index contributed by atoms with van der Waals surface area (Å²) in [7, 11) is 0. The first-order chi connectivity index (χ1) is 25.0. The molecule has 6 amide bonds. The van der Waals surface area contributed by atoms with Gasteiger partial charge < -0.3 is 41.4 Å². The van der Waals surface area contributed by atoms with E-state index in [4.69, 9.17) is 15.2 Å². The van der Waals surface area contributed by atoms with Crippen molar-refractivity contribution in [1.82, 2.24) is 26.2 Å². The van der Waals surface area contributed by atoms with Gasteiger partial charge in [-0.05, 0) is 63.0 Å². The van der Waals surface area contributed by atoms with Crippen LogP contribution in [0.2, 0.25) is 0 Å². The minimum Gasteiger partial charge on any atom is -0.449 e. The molecule has 0 spiro atoms. The average Bonchev–Trinajstić information content (AvgIpc) is 3.12. The standard InChI is InChI=1S/C38H58N6O9/c1-7-13-27(32(46)35(49)40-19-30(45)41-28(33(39)47)22-53-38(4,5)6)42-34(48)29-18-25-16-11-12-17-26(25)20-44(29)36(50)31(24-14-9-8-10-15-24)43-37(51)52-21-23(2)3/h11-12,16-17,23-24,27-29,31H,7-10,13-15,18-22H2,1-6H3,(H2,39,47)(H,40,49)(H,41,45)(H,42,48)(H,43,51)/t27?,28?,29-,31?/m0/s1. The highest BCUT2D eigenvalue weighted by atomic mass is 16.5. The second-order valence-corrected chi connectivity index (χ2v) is 15.3. The molecule has 0 bridgehead atoms. The van der Waals surface area contributed by atoms with Crippen LogP contribution < -0.4 is 27.0 Å². The van der Waals surface area contributed by atoms with Crippen LogP contribution in [0.3, 0.4) is 0 Å². The molecule has 6 N–H and O–H groups in total. The van der Waals surface area contributed by atoms with Crippen molar-refractivity contribution in [3.05, 3.63) is 35.4 Å². The number of fused-ring (bicyclic) bond motifs is 1. The number of carbonyl (C=O) groups excluding carboxylic acids is 7. The molecular formula is C38H58N6O9. The molecule has 1 saturated carbocycles. The molecule has 0 radical (unpaired) electrons. The van der Waals surface area contributed by atoms with E-state index in [1.54, 1.807) is 27.7 Å². The molecule has 294 valence electrons. The highest BCUT2D eigenvalue weighted by molar-refractivity contribution is 6.38. The Balaban J connectivity index is 1.77. The summed E-state index contributed by atoms with van der Waals surface area (Å²) in [6.45, 7) is 10.4. The summed E-state index contributed by atoms with van der Waals surface area (Å²) in [5, 5.41) is 10.2. The molecule has 1 heterocycles. The van der Waals surface area contributed by atoms with Crippen LogP contribution in [0.4, 0.5) is 4.79 Å². The molecule has 3 rings (SSSR count). The number of alkyl carbamates (subject to hydrolysis) is 1. The largest absolute Gasteiger partial charge is 0.449 e. The maximum Gasteiger partial charge on any atom is 0.407 e. The normalized spacial score (nSPS) is 17.8. The predicted molar refractivity (Wildman–Crippen MR) is 196 cm³/mol. The Kier molecular flexibility index (Phi) is 16.2. The lowest BCUT2D eigenvalue weighted by atomic mass is 9.82. The molecule has 2 aliphatic rings. The Hall–Kier alpha value is -4.53. The smallest absolute Gasteiger partial charge is 0.407 e. The fourth-order valence-electron chi connectivity index (χ4n) is 6.43. The van der Waals surface area contributed by atoms with Crippen LogP contribution in [0.1, 0.15) is 97.6 Å². The minimum absolute atomic E-state index is 0.0990. The van der Waals surface area contributed by atoms with Gasteiger partial charge in [-0.2, -0.15) is 0 Å². The lowest BCUT2D eigenvalue weighted by Gasteiger charge is -2.40. The quantitative estimate of drug-likeness (QED) is 0.148. The second kappa shape index (κ2) is 20.1. The topological polar surface area (TPSA) is 215 Å². The fourth-order valence-corrected chi connectivity index (χ4v) is 6.43. The van der Waals surface area contributed by atoms with Gasteiger partial charge in [0.05, 0.1) is 31.4 Å². The first kappa shape index (κ1) is 42.9. The van der Waals surface area contributed by atoms with E-state index in [1.165, 1.54) is 4.90 Å². The van der Waals surface area contributed by atoms with Crippen LogP contribution in [0.15, 0.2) is 24.3 Å². The number of nitrogens with two attached hydrogens (primary N) is 1. The Morgan fingerprint density at radius 1 is 0.906 bits per heavy atom. The Morgan fingerprint density at radius 3 is 2.17 bits per heavy atom. The van der Waals surface area contributed by atoms with E-state index >= 15 is 0 Å². The Morgan fingerprint density at radius 2 is 1.57 bits per heavy atom. The first-order valence-corrected chi connectivity index (χ1v) is 18.7. The molecule has 0 aromatic heterocycles. The number of ether oxygens (including phenoxy) is 2. The second-order valence-electron chi connectivity index (χ2n) is 15.3. The zero-order valence-electron chi connectivity index (χ0n) is 32.0. The summed E-state index contributed by atoms with van der Waals surface area (Å²) in [6.07, 6.45) is 4.32. The SMILES string of the molecule is CCCC(NC(=O)[C@@H]1Cc2ccccc2CN1C(=O)C(NC(=O)OCC(C)C)C1CCCCC1)C(=O)C(=O)NCC(=O)NC(COC(C)(C)C)C(N)=O. The molecular weight excluding hydrogens is 684 g/mol. The number of nitrogens with one attached hydrogen (secondary N) is 4. The van der Waals surface area contributed by atoms with Crippen molar-refractivity contribution in [2.75, 3.05) is 19.8 Å². The van der Waals surface area contributed by atoms with E-state index < -0.39 is 77.7 Å². The first-order valence-electron chi connectivity index (χ1n) is 18.7. The fraction of sp³-hybridized carbons (Fsp3) is 0.658. The van der Waals surface area contributed by atoms with Crippen molar-refractivity contribution in [2.24, 2.45) is 17.6 Å². The summed E-state index contributed by atoms with van der Waals surface area (Å²) in [5.74, 6) is -4.78. The number of hydrogen-bond donors (Lipinski definition) is 5. The zero-order chi connectivity index (χ0) is 39.3. The molecule has 1 aromatic rings. The number of ketones is 1. The van der Waals surface area contributed by atoms with Gasteiger partial charge in [-0.3, -0.25) is 28.8 Å². The summed E-state index contributed by atoms with van der Waals surface area (Å²) in [4.78, 5) is 93.6.